The van der Waals surface area contributed by atoms with Crippen molar-refractivity contribution in [3.63, 3.8) is 0 Å². The van der Waals surface area contributed by atoms with Crippen LogP contribution in [-0.2, 0) is 0 Å². The molecule has 3 atom stereocenters. The van der Waals surface area contributed by atoms with Gasteiger partial charge in [-0.3, -0.25) is 4.79 Å². The fourth-order valence-corrected chi connectivity index (χ4v) is 3.00. The standard InChI is InChI=1S/C14H19BrN2O/c1-9-7-10(2)11(3)17(8-9)14(18)12-5-4-6-13(15)16-12/h4-6,9-11H,7-8H2,1-3H3. The predicted octanol–water partition coefficient (Wildman–Crippen LogP) is 3.35. The van der Waals surface area contributed by atoms with Gasteiger partial charge in [0.15, 0.2) is 0 Å². The lowest BCUT2D eigenvalue weighted by Gasteiger charge is -2.40. The number of pyridine rings is 1. The molecular formula is C14H19BrN2O. The Hall–Kier alpha value is -0.900. The Labute approximate surface area is 117 Å². The van der Waals surface area contributed by atoms with Gasteiger partial charge in [0.1, 0.15) is 10.3 Å². The van der Waals surface area contributed by atoms with Crippen LogP contribution >= 0.6 is 15.9 Å². The fourth-order valence-electron chi connectivity index (χ4n) is 2.66. The Morgan fingerprint density at radius 2 is 2.11 bits per heavy atom. The molecular weight excluding hydrogens is 292 g/mol. The molecule has 2 rings (SSSR count). The Kier molecular flexibility index (Phi) is 4.05. The average Bonchev–Trinajstić information content (AvgIpc) is 2.33. The zero-order chi connectivity index (χ0) is 13.3. The highest BCUT2D eigenvalue weighted by Gasteiger charge is 2.32. The Bertz CT molecular complexity index is 449. The lowest BCUT2D eigenvalue weighted by atomic mass is 9.86. The van der Waals surface area contributed by atoms with Crippen LogP contribution in [0.25, 0.3) is 0 Å². The highest BCUT2D eigenvalue weighted by atomic mass is 79.9. The van der Waals surface area contributed by atoms with Gasteiger partial charge in [0.2, 0.25) is 0 Å². The number of amides is 1. The van der Waals surface area contributed by atoms with Crippen molar-refractivity contribution in [1.29, 1.82) is 0 Å². The first-order valence-corrected chi connectivity index (χ1v) is 7.22. The highest BCUT2D eigenvalue weighted by Crippen LogP contribution is 2.28. The first kappa shape index (κ1) is 13.5. The normalized spacial score (nSPS) is 28.2. The molecule has 1 saturated heterocycles. The lowest BCUT2D eigenvalue weighted by molar-refractivity contribution is 0.0450. The first-order chi connectivity index (χ1) is 8.49. The lowest BCUT2D eigenvalue weighted by Crippen LogP contribution is -2.49. The summed E-state index contributed by atoms with van der Waals surface area (Å²) in [5, 5.41) is 0. The average molecular weight is 311 g/mol. The van der Waals surface area contributed by atoms with Crippen molar-refractivity contribution in [2.45, 2.75) is 33.2 Å². The molecule has 3 unspecified atom stereocenters. The number of piperidine rings is 1. The van der Waals surface area contributed by atoms with Crippen molar-refractivity contribution in [2.75, 3.05) is 6.54 Å². The minimum absolute atomic E-state index is 0.0437. The van der Waals surface area contributed by atoms with E-state index in [1.54, 1.807) is 6.07 Å². The summed E-state index contributed by atoms with van der Waals surface area (Å²) in [6.07, 6.45) is 1.19. The van der Waals surface area contributed by atoms with E-state index in [1.165, 1.54) is 6.42 Å². The maximum absolute atomic E-state index is 12.5. The largest absolute Gasteiger partial charge is 0.334 e. The van der Waals surface area contributed by atoms with E-state index in [4.69, 9.17) is 0 Å². The number of halogens is 1. The van der Waals surface area contributed by atoms with E-state index >= 15 is 0 Å². The van der Waals surface area contributed by atoms with Gasteiger partial charge in [0.05, 0.1) is 0 Å². The molecule has 0 saturated carbocycles. The van der Waals surface area contributed by atoms with Gasteiger partial charge in [-0.2, -0.15) is 0 Å². The van der Waals surface area contributed by atoms with Crippen LogP contribution in [0.2, 0.25) is 0 Å². The summed E-state index contributed by atoms with van der Waals surface area (Å²) in [6, 6.07) is 5.76. The number of likely N-dealkylation sites (tertiary alicyclic amines) is 1. The molecule has 0 spiro atoms. The topological polar surface area (TPSA) is 33.2 Å². The third kappa shape index (κ3) is 2.74. The van der Waals surface area contributed by atoms with Crippen molar-refractivity contribution in [1.82, 2.24) is 9.88 Å². The third-order valence-electron chi connectivity index (χ3n) is 3.79. The molecule has 98 valence electrons. The van der Waals surface area contributed by atoms with Gasteiger partial charge in [-0.25, -0.2) is 4.98 Å². The Balaban J connectivity index is 2.22. The van der Waals surface area contributed by atoms with Crippen LogP contribution in [0.3, 0.4) is 0 Å². The van der Waals surface area contributed by atoms with Gasteiger partial charge >= 0.3 is 0 Å². The Morgan fingerprint density at radius 3 is 2.78 bits per heavy atom. The van der Waals surface area contributed by atoms with E-state index in [-0.39, 0.29) is 11.9 Å². The van der Waals surface area contributed by atoms with Gasteiger partial charge in [0, 0.05) is 12.6 Å². The van der Waals surface area contributed by atoms with Crippen molar-refractivity contribution in [2.24, 2.45) is 11.8 Å². The summed E-state index contributed by atoms with van der Waals surface area (Å²) in [4.78, 5) is 18.7. The van der Waals surface area contributed by atoms with Crippen molar-refractivity contribution in [3.8, 4) is 0 Å². The van der Waals surface area contributed by atoms with Crippen molar-refractivity contribution in [3.05, 3.63) is 28.5 Å². The molecule has 0 aromatic carbocycles. The molecule has 1 aromatic rings. The van der Waals surface area contributed by atoms with Crippen LogP contribution in [0.5, 0.6) is 0 Å². The maximum atomic E-state index is 12.5. The highest BCUT2D eigenvalue weighted by molar-refractivity contribution is 9.10. The van der Waals surface area contributed by atoms with E-state index in [2.05, 4.69) is 41.7 Å². The molecule has 1 aliphatic rings. The summed E-state index contributed by atoms with van der Waals surface area (Å²) < 4.78 is 0.708. The predicted molar refractivity (Wildman–Crippen MR) is 75.4 cm³/mol. The number of aromatic nitrogens is 1. The first-order valence-electron chi connectivity index (χ1n) is 6.42. The third-order valence-corrected chi connectivity index (χ3v) is 4.23. The van der Waals surface area contributed by atoms with Crippen LogP contribution in [0.1, 0.15) is 37.7 Å². The molecule has 0 bridgehead atoms. The minimum Gasteiger partial charge on any atom is -0.334 e. The summed E-state index contributed by atoms with van der Waals surface area (Å²) in [5.41, 5.74) is 0.525. The van der Waals surface area contributed by atoms with Crippen LogP contribution in [0.15, 0.2) is 22.8 Å². The van der Waals surface area contributed by atoms with E-state index in [9.17, 15) is 4.79 Å². The molecule has 2 heterocycles. The van der Waals surface area contributed by atoms with Crippen LogP contribution in [0, 0.1) is 11.8 Å². The van der Waals surface area contributed by atoms with Crippen LogP contribution in [-0.4, -0.2) is 28.4 Å². The molecule has 0 N–H and O–H groups in total. The number of hydrogen-bond donors (Lipinski definition) is 0. The number of carbonyl (C=O) groups is 1. The van der Waals surface area contributed by atoms with Gasteiger partial charge in [-0.1, -0.05) is 19.9 Å². The zero-order valence-corrected chi connectivity index (χ0v) is 12.6. The van der Waals surface area contributed by atoms with Gasteiger partial charge in [-0.05, 0) is 53.2 Å². The van der Waals surface area contributed by atoms with Crippen LogP contribution in [0.4, 0.5) is 0 Å². The van der Waals surface area contributed by atoms with Gasteiger partial charge < -0.3 is 4.90 Å². The van der Waals surface area contributed by atoms with Crippen LogP contribution < -0.4 is 0 Å². The van der Waals surface area contributed by atoms with E-state index < -0.39 is 0 Å². The second-order valence-corrected chi connectivity index (χ2v) is 6.17. The van der Waals surface area contributed by atoms with E-state index in [1.807, 2.05) is 17.0 Å². The molecule has 0 radical (unpaired) electrons. The molecule has 3 nitrogen and oxygen atoms in total. The van der Waals surface area contributed by atoms with Gasteiger partial charge in [0.25, 0.3) is 5.91 Å². The van der Waals surface area contributed by atoms with E-state index in [0.717, 1.165) is 6.54 Å². The molecule has 18 heavy (non-hydrogen) atoms. The molecule has 1 aliphatic heterocycles. The maximum Gasteiger partial charge on any atom is 0.272 e. The number of rotatable bonds is 1. The molecule has 1 aromatic heterocycles. The number of hydrogen-bond acceptors (Lipinski definition) is 2. The quantitative estimate of drug-likeness (QED) is 0.745. The molecule has 1 fully saturated rings. The molecule has 0 aliphatic carbocycles. The number of nitrogens with zero attached hydrogens (tertiary/aromatic N) is 2. The van der Waals surface area contributed by atoms with Crippen molar-refractivity contribution >= 4 is 21.8 Å². The summed E-state index contributed by atoms with van der Waals surface area (Å²) >= 11 is 3.31. The smallest absolute Gasteiger partial charge is 0.272 e. The van der Waals surface area contributed by atoms with E-state index in [0.29, 0.717) is 22.1 Å². The Morgan fingerprint density at radius 1 is 1.39 bits per heavy atom. The summed E-state index contributed by atoms with van der Waals surface area (Å²) in [7, 11) is 0. The molecule has 4 heteroatoms. The second-order valence-electron chi connectivity index (χ2n) is 5.36. The SMILES string of the molecule is CC1CC(C)C(C)N(C(=O)c2cccc(Br)n2)C1. The summed E-state index contributed by atoms with van der Waals surface area (Å²) in [5.74, 6) is 1.15. The van der Waals surface area contributed by atoms with Crippen molar-refractivity contribution < 1.29 is 4.79 Å². The monoisotopic (exact) mass is 310 g/mol. The fraction of sp³-hybridized carbons (Fsp3) is 0.571. The summed E-state index contributed by atoms with van der Waals surface area (Å²) in [6.45, 7) is 7.39. The van der Waals surface area contributed by atoms with Gasteiger partial charge in [-0.15, -0.1) is 0 Å². The molecule has 1 amide bonds. The second kappa shape index (κ2) is 5.39. The number of carbonyl (C=O) groups excluding carboxylic acids is 1. The minimum atomic E-state index is 0.0437. The zero-order valence-electron chi connectivity index (χ0n) is 11.1.